The first kappa shape index (κ1) is 15.0. The Balaban J connectivity index is 1.64. The Labute approximate surface area is 131 Å². The van der Waals surface area contributed by atoms with Crippen LogP contribution in [0.2, 0.25) is 0 Å². The summed E-state index contributed by atoms with van der Waals surface area (Å²) < 4.78 is 6.36. The fraction of sp³-hybridized carbons (Fsp3) is 0.706. The molecule has 116 valence electrons. The maximum atomic E-state index is 12.5. The van der Waals surface area contributed by atoms with E-state index in [-0.39, 0.29) is 17.1 Å². The van der Waals surface area contributed by atoms with Gasteiger partial charge in [-0.05, 0) is 62.4 Å². The molecule has 3 nitrogen and oxygen atoms in total. The summed E-state index contributed by atoms with van der Waals surface area (Å²) in [6.45, 7) is 8.28. The molecule has 2 aliphatic rings. The number of carbonyl (C=O) groups is 1. The molecule has 1 aromatic rings. The van der Waals surface area contributed by atoms with E-state index < -0.39 is 0 Å². The molecule has 0 aromatic carbocycles. The Hall–Kier alpha value is -0.870. The highest BCUT2D eigenvalue weighted by molar-refractivity contribution is 7.07. The monoisotopic (exact) mass is 307 g/mol. The average Bonchev–Trinajstić information content (AvgIpc) is 2.89. The van der Waals surface area contributed by atoms with Crippen molar-refractivity contribution < 1.29 is 9.53 Å². The Morgan fingerprint density at radius 1 is 1.43 bits per heavy atom. The third kappa shape index (κ3) is 3.16. The molecular formula is C17H25NO2S. The summed E-state index contributed by atoms with van der Waals surface area (Å²) in [5.74, 6) is 0.742. The molecule has 0 aliphatic carbocycles. The number of hydrogen-bond acceptors (Lipinski definition) is 3. The lowest BCUT2D eigenvalue weighted by Crippen LogP contribution is -2.58. The Kier molecular flexibility index (Phi) is 3.87. The van der Waals surface area contributed by atoms with E-state index in [1.807, 2.05) is 16.3 Å². The van der Waals surface area contributed by atoms with E-state index in [0.717, 1.165) is 37.9 Å². The highest BCUT2D eigenvalue weighted by atomic mass is 32.1. The van der Waals surface area contributed by atoms with Gasteiger partial charge >= 0.3 is 0 Å². The van der Waals surface area contributed by atoms with Crippen LogP contribution in [0.15, 0.2) is 16.8 Å². The summed E-state index contributed by atoms with van der Waals surface area (Å²) >= 11 is 1.65. The molecule has 3 heterocycles. The smallest absolute Gasteiger partial charge is 0.227 e. The molecular weight excluding hydrogens is 282 g/mol. The number of hydrogen-bond donors (Lipinski definition) is 0. The second-order valence-corrected chi connectivity index (χ2v) is 8.09. The number of rotatable bonds is 2. The third-order valence-corrected chi connectivity index (χ3v) is 5.81. The van der Waals surface area contributed by atoms with Crippen LogP contribution in [0.1, 0.15) is 45.6 Å². The fourth-order valence-corrected chi connectivity index (χ4v) is 4.42. The lowest BCUT2D eigenvalue weighted by atomic mass is 9.74. The van der Waals surface area contributed by atoms with Crippen molar-refractivity contribution in [1.82, 2.24) is 4.90 Å². The van der Waals surface area contributed by atoms with Gasteiger partial charge in [-0.2, -0.15) is 11.3 Å². The molecule has 0 saturated carbocycles. The largest absolute Gasteiger partial charge is 0.369 e. The van der Waals surface area contributed by atoms with Crippen molar-refractivity contribution in [3.8, 4) is 0 Å². The number of piperidine rings is 1. The topological polar surface area (TPSA) is 29.5 Å². The maximum Gasteiger partial charge on any atom is 0.227 e. The van der Waals surface area contributed by atoms with Crippen molar-refractivity contribution in [3.05, 3.63) is 22.4 Å². The van der Waals surface area contributed by atoms with Gasteiger partial charge in [0.25, 0.3) is 0 Å². The number of nitrogens with zero attached hydrogens (tertiary/aromatic N) is 1. The number of likely N-dealkylation sites (tertiary alicyclic amines) is 1. The zero-order valence-electron chi connectivity index (χ0n) is 13.2. The van der Waals surface area contributed by atoms with Crippen molar-refractivity contribution in [2.75, 3.05) is 13.1 Å². The molecule has 1 aromatic heterocycles. The van der Waals surface area contributed by atoms with Crippen LogP contribution in [0.3, 0.4) is 0 Å². The van der Waals surface area contributed by atoms with Crippen LogP contribution in [0.4, 0.5) is 0 Å². The molecule has 0 N–H and O–H groups in total. The Morgan fingerprint density at radius 2 is 2.24 bits per heavy atom. The molecule has 1 amide bonds. The van der Waals surface area contributed by atoms with Gasteiger partial charge in [-0.15, -0.1) is 0 Å². The minimum atomic E-state index is -0.0547. The highest BCUT2D eigenvalue weighted by Crippen LogP contribution is 2.43. The second kappa shape index (κ2) is 5.40. The number of ether oxygens (including phenoxy) is 1. The number of fused-ring (bicyclic) bond motifs is 1. The molecule has 2 atom stereocenters. The average molecular weight is 307 g/mol. The maximum absolute atomic E-state index is 12.5. The molecule has 0 radical (unpaired) electrons. The van der Waals surface area contributed by atoms with Gasteiger partial charge in [0.2, 0.25) is 5.91 Å². The lowest BCUT2D eigenvalue weighted by molar-refractivity contribution is -0.214. The second-order valence-electron chi connectivity index (χ2n) is 7.31. The fourth-order valence-electron chi connectivity index (χ4n) is 3.75. The molecule has 0 spiro atoms. The number of carbonyl (C=O) groups excluding carboxylic acids is 1. The van der Waals surface area contributed by atoms with Crippen LogP contribution in [-0.2, 0) is 16.0 Å². The summed E-state index contributed by atoms with van der Waals surface area (Å²) in [7, 11) is 0. The van der Waals surface area contributed by atoms with Crippen molar-refractivity contribution in [1.29, 1.82) is 0 Å². The molecule has 0 unspecified atom stereocenters. The van der Waals surface area contributed by atoms with Crippen LogP contribution >= 0.6 is 11.3 Å². The summed E-state index contributed by atoms with van der Waals surface area (Å²) in [5, 5.41) is 4.10. The molecule has 0 bridgehead atoms. The molecule has 3 rings (SSSR count). The van der Waals surface area contributed by atoms with Gasteiger partial charge in [0.1, 0.15) is 0 Å². The SMILES string of the molecule is CC1(C)CC[C@H]2CN(C(=O)Cc3ccsc3)CC[C@@]2(C)O1. The molecule has 2 saturated heterocycles. The number of thiophene rings is 1. The molecule has 21 heavy (non-hydrogen) atoms. The summed E-state index contributed by atoms with van der Waals surface area (Å²) in [5.41, 5.74) is 1.06. The van der Waals surface area contributed by atoms with Gasteiger partial charge in [-0.3, -0.25) is 4.79 Å². The zero-order valence-corrected chi connectivity index (χ0v) is 14.0. The van der Waals surface area contributed by atoms with E-state index in [0.29, 0.717) is 12.3 Å². The van der Waals surface area contributed by atoms with Crippen LogP contribution in [-0.4, -0.2) is 35.1 Å². The van der Waals surface area contributed by atoms with Crippen LogP contribution in [0.25, 0.3) is 0 Å². The summed E-state index contributed by atoms with van der Waals surface area (Å²) in [6, 6.07) is 2.04. The normalized spacial score (nSPS) is 31.8. The quantitative estimate of drug-likeness (QED) is 0.837. The predicted octanol–water partition coefficient (Wildman–Crippen LogP) is 3.49. The standard InChI is InChI=1S/C17H25NO2S/c1-16(2)6-4-14-11-18(8-7-17(14,3)20-16)15(19)10-13-5-9-21-12-13/h5,9,12,14H,4,6-8,10-11H2,1-3H3/t14-,17+/m0/s1. The summed E-state index contributed by atoms with van der Waals surface area (Å²) in [6.07, 6.45) is 3.74. The van der Waals surface area contributed by atoms with Gasteiger partial charge in [0.05, 0.1) is 17.6 Å². The van der Waals surface area contributed by atoms with E-state index in [4.69, 9.17) is 4.74 Å². The van der Waals surface area contributed by atoms with E-state index >= 15 is 0 Å². The number of amides is 1. The third-order valence-electron chi connectivity index (χ3n) is 5.07. The molecule has 2 fully saturated rings. The van der Waals surface area contributed by atoms with Gasteiger partial charge in [-0.1, -0.05) is 0 Å². The predicted molar refractivity (Wildman–Crippen MR) is 85.5 cm³/mol. The molecule has 4 heteroatoms. The summed E-state index contributed by atoms with van der Waals surface area (Å²) in [4.78, 5) is 14.5. The zero-order chi connectivity index (χ0) is 15.1. The highest BCUT2D eigenvalue weighted by Gasteiger charge is 2.47. The first-order valence-electron chi connectivity index (χ1n) is 7.87. The van der Waals surface area contributed by atoms with Gasteiger partial charge < -0.3 is 9.64 Å². The van der Waals surface area contributed by atoms with Crippen LogP contribution in [0, 0.1) is 5.92 Å². The van der Waals surface area contributed by atoms with Gasteiger partial charge in [-0.25, -0.2) is 0 Å². The van der Waals surface area contributed by atoms with E-state index in [1.165, 1.54) is 0 Å². The minimum Gasteiger partial charge on any atom is -0.369 e. The van der Waals surface area contributed by atoms with Gasteiger partial charge in [0, 0.05) is 19.0 Å². The van der Waals surface area contributed by atoms with E-state index in [2.05, 4.69) is 26.2 Å². The Bertz CT molecular complexity index is 511. The Morgan fingerprint density at radius 3 is 2.95 bits per heavy atom. The van der Waals surface area contributed by atoms with E-state index in [9.17, 15) is 4.79 Å². The van der Waals surface area contributed by atoms with Crippen molar-refractivity contribution in [2.45, 2.75) is 57.7 Å². The van der Waals surface area contributed by atoms with Crippen molar-refractivity contribution >= 4 is 17.2 Å². The van der Waals surface area contributed by atoms with Crippen LogP contribution in [0.5, 0.6) is 0 Å². The van der Waals surface area contributed by atoms with E-state index in [1.54, 1.807) is 11.3 Å². The molecule has 2 aliphatic heterocycles. The van der Waals surface area contributed by atoms with Crippen molar-refractivity contribution in [2.24, 2.45) is 5.92 Å². The van der Waals surface area contributed by atoms with Gasteiger partial charge in [0.15, 0.2) is 0 Å². The first-order chi connectivity index (χ1) is 9.88. The van der Waals surface area contributed by atoms with Crippen LogP contribution < -0.4 is 0 Å². The van der Waals surface area contributed by atoms with Crippen molar-refractivity contribution in [3.63, 3.8) is 0 Å². The lowest BCUT2D eigenvalue weighted by Gasteiger charge is -2.53. The first-order valence-corrected chi connectivity index (χ1v) is 8.81. The minimum absolute atomic E-state index is 0.0197.